The van der Waals surface area contributed by atoms with Crippen molar-refractivity contribution in [3.05, 3.63) is 18.6 Å². The minimum atomic E-state index is 0.405. The molecule has 96 valence electrons. The van der Waals surface area contributed by atoms with Gasteiger partial charge in [-0.15, -0.1) is 0 Å². The fourth-order valence-corrected chi connectivity index (χ4v) is 2.74. The molecule has 1 saturated carbocycles. The van der Waals surface area contributed by atoms with Crippen LogP contribution in [-0.4, -0.2) is 34.2 Å². The molecule has 1 aliphatic carbocycles. The first kappa shape index (κ1) is 11.5. The van der Waals surface area contributed by atoms with Crippen molar-refractivity contribution < 1.29 is 0 Å². The van der Waals surface area contributed by atoms with Gasteiger partial charge in [-0.2, -0.15) is 0 Å². The van der Waals surface area contributed by atoms with Crippen LogP contribution in [0.15, 0.2) is 18.6 Å². The minimum Gasteiger partial charge on any atom is -0.358 e. The summed E-state index contributed by atoms with van der Waals surface area (Å²) >= 11 is 0. The van der Waals surface area contributed by atoms with Crippen molar-refractivity contribution >= 4 is 16.9 Å². The van der Waals surface area contributed by atoms with Crippen LogP contribution in [0.2, 0.25) is 0 Å². The van der Waals surface area contributed by atoms with E-state index >= 15 is 0 Å². The van der Waals surface area contributed by atoms with Crippen molar-refractivity contribution in [2.24, 2.45) is 18.7 Å². The number of hydrogen-bond donors (Lipinski definition) is 1. The second-order valence-electron chi connectivity index (χ2n) is 5.34. The standard InChI is InChI=1S/C13H19N5/c1-17(7-9-5-10(14)6-9)13-12-11(3-4-15-13)18(2)8-16-12/h3-4,8-10H,5-7,14H2,1-2H3. The third kappa shape index (κ3) is 1.84. The Balaban J connectivity index is 1.84. The highest BCUT2D eigenvalue weighted by Gasteiger charge is 2.27. The van der Waals surface area contributed by atoms with Gasteiger partial charge in [0.2, 0.25) is 0 Å². The van der Waals surface area contributed by atoms with Crippen LogP contribution in [0.25, 0.3) is 11.0 Å². The van der Waals surface area contributed by atoms with Crippen LogP contribution in [0.1, 0.15) is 12.8 Å². The SMILES string of the molecule is CN(CC1CC(N)C1)c1nccc2c1ncn2C. The molecule has 0 bridgehead atoms. The number of hydrogen-bond acceptors (Lipinski definition) is 4. The van der Waals surface area contributed by atoms with E-state index in [1.54, 1.807) is 0 Å². The largest absolute Gasteiger partial charge is 0.358 e. The first-order valence-corrected chi connectivity index (χ1v) is 6.38. The molecule has 3 rings (SSSR count). The molecule has 1 aliphatic rings. The maximum Gasteiger partial charge on any atom is 0.156 e. The molecular formula is C13H19N5. The molecule has 18 heavy (non-hydrogen) atoms. The number of rotatable bonds is 3. The van der Waals surface area contributed by atoms with Crippen LogP contribution < -0.4 is 10.6 Å². The van der Waals surface area contributed by atoms with Gasteiger partial charge < -0.3 is 15.2 Å². The van der Waals surface area contributed by atoms with Crippen molar-refractivity contribution in [3.8, 4) is 0 Å². The molecular weight excluding hydrogens is 226 g/mol. The molecule has 1 fully saturated rings. The van der Waals surface area contributed by atoms with Crippen LogP contribution in [0.5, 0.6) is 0 Å². The predicted molar refractivity (Wildman–Crippen MR) is 72.5 cm³/mol. The number of pyridine rings is 1. The molecule has 0 aromatic carbocycles. The summed E-state index contributed by atoms with van der Waals surface area (Å²) < 4.78 is 2.02. The van der Waals surface area contributed by atoms with Gasteiger partial charge in [0.15, 0.2) is 5.82 Å². The predicted octanol–water partition coefficient (Wildman–Crippen LogP) is 1.14. The van der Waals surface area contributed by atoms with E-state index in [-0.39, 0.29) is 0 Å². The molecule has 2 aromatic rings. The van der Waals surface area contributed by atoms with Crippen molar-refractivity contribution in [1.82, 2.24) is 14.5 Å². The molecule has 2 aromatic heterocycles. The molecule has 0 atom stereocenters. The summed E-state index contributed by atoms with van der Waals surface area (Å²) in [6.45, 7) is 1.01. The number of nitrogens with two attached hydrogens (primary N) is 1. The molecule has 0 amide bonds. The Morgan fingerprint density at radius 1 is 1.44 bits per heavy atom. The minimum absolute atomic E-state index is 0.405. The molecule has 0 aliphatic heterocycles. The number of fused-ring (bicyclic) bond motifs is 1. The van der Waals surface area contributed by atoms with Gasteiger partial charge in [-0.3, -0.25) is 0 Å². The van der Waals surface area contributed by atoms with E-state index in [9.17, 15) is 0 Å². The van der Waals surface area contributed by atoms with Crippen molar-refractivity contribution in [3.63, 3.8) is 0 Å². The zero-order valence-electron chi connectivity index (χ0n) is 10.9. The van der Waals surface area contributed by atoms with E-state index in [0.717, 1.165) is 36.2 Å². The molecule has 5 heteroatoms. The smallest absolute Gasteiger partial charge is 0.156 e. The van der Waals surface area contributed by atoms with Gasteiger partial charge in [0.25, 0.3) is 0 Å². The lowest BCUT2D eigenvalue weighted by Crippen LogP contribution is -2.42. The van der Waals surface area contributed by atoms with Crippen molar-refractivity contribution in [1.29, 1.82) is 0 Å². The Morgan fingerprint density at radius 2 is 2.22 bits per heavy atom. The molecule has 0 radical (unpaired) electrons. The zero-order chi connectivity index (χ0) is 12.7. The Labute approximate surface area is 107 Å². The van der Waals surface area contributed by atoms with Gasteiger partial charge in [0.05, 0.1) is 11.8 Å². The van der Waals surface area contributed by atoms with E-state index in [4.69, 9.17) is 5.73 Å². The molecule has 5 nitrogen and oxygen atoms in total. The summed E-state index contributed by atoms with van der Waals surface area (Å²) in [5.74, 6) is 1.67. The van der Waals surface area contributed by atoms with Crippen LogP contribution in [0.3, 0.4) is 0 Å². The summed E-state index contributed by atoms with van der Waals surface area (Å²) in [6.07, 6.45) is 5.94. The van der Waals surface area contributed by atoms with Gasteiger partial charge in [-0.1, -0.05) is 0 Å². The Bertz CT molecular complexity index is 556. The first-order valence-electron chi connectivity index (χ1n) is 6.38. The number of aryl methyl sites for hydroxylation is 1. The van der Waals surface area contributed by atoms with Gasteiger partial charge >= 0.3 is 0 Å². The van der Waals surface area contributed by atoms with Crippen LogP contribution in [-0.2, 0) is 7.05 Å². The summed E-state index contributed by atoms with van der Waals surface area (Å²) in [5.41, 5.74) is 7.93. The normalized spacial score (nSPS) is 23.1. The van der Waals surface area contributed by atoms with E-state index in [1.165, 1.54) is 0 Å². The maximum atomic E-state index is 5.83. The molecule has 0 saturated heterocycles. The van der Waals surface area contributed by atoms with Crippen LogP contribution in [0.4, 0.5) is 5.82 Å². The summed E-state index contributed by atoms with van der Waals surface area (Å²) in [4.78, 5) is 11.1. The highest BCUT2D eigenvalue weighted by Crippen LogP contribution is 2.29. The highest BCUT2D eigenvalue weighted by atomic mass is 15.2. The Hall–Kier alpha value is -1.62. The molecule has 2 heterocycles. The highest BCUT2D eigenvalue weighted by molar-refractivity contribution is 5.86. The van der Waals surface area contributed by atoms with Crippen LogP contribution in [0, 0.1) is 5.92 Å². The maximum absolute atomic E-state index is 5.83. The average Bonchev–Trinajstić information content (AvgIpc) is 2.69. The summed E-state index contributed by atoms with van der Waals surface area (Å²) in [5, 5.41) is 0. The zero-order valence-corrected chi connectivity index (χ0v) is 10.9. The second kappa shape index (κ2) is 4.24. The third-order valence-corrected chi connectivity index (χ3v) is 3.79. The number of imidazole rings is 1. The monoisotopic (exact) mass is 245 g/mol. The topological polar surface area (TPSA) is 60.0 Å². The molecule has 0 spiro atoms. The molecule has 0 unspecified atom stereocenters. The van der Waals surface area contributed by atoms with Gasteiger partial charge in [0.1, 0.15) is 5.52 Å². The average molecular weight is 245 g/mol. The fourth-order valence-electron chi connectivity index (χ4n) is 2.74. The van der Waals surface area contributed by atoms with Gasteiger partial charge in [0, 0.05) is 32.9 Å². The molecule has 2 N–H and O–H groups in total. The van der Waals surface area contributed by atoms with Gasteiger partial charge in [-0.05, 0) is 24.8 Å². The summed E-state index contributed by atoms with van der Waals surface area (Å²) in [6, 6.07) is 2.40. The lowest BCUT2D eigenvalue weighted by atomic mass is 9.80. The van der Waals surface area contributed by atoms with E-state index < -0.39 is 0 Å². The lowest BCUT2D eigenvalue weighted by molar-refractivity contribution is 0.271. The summed E-state index contributed by atoms with van der Waals surface area (Å²) in [7, 11) is 4.09. The second-order valence-corrected chi connectivity index (χ2v) is 5.34. The third-order valence-electron chi connectivity index (χ3n) is 3.79. The van der Waals surface area contributed by atoms with Crippen LogP contribution >= 0.6 is 0 Å². The number of anilines is 1. The van der Waals surface area contributed by atoms with Gasteiger partial charge in [-0.25, -0.2) is 9.97 Å². The van der Waals surface area contributed by atoms with E-state index in [2.05, 4.69) is 21.9 Å². The quantitative estimate of drug-likeness (QED) is 0.881. The van der Waals surface area contributed by atoms with Crippen molar-refractivity contribution in [2.75, 3.05) is 18.5 Å². The Kier molecular flexibility index (Phi) is 2.70. The lowest BCUT2D eigenvalue weighted by Gasteiger charge is -2.35. The Morgan fingerprint density at radius 3 is 2.94 bits per heavy atom. The van der Waals surface area contributed by atoms with E-state index in [1.807, 2.05) is 30.2 Å². The number of nitrogens with zero attached hydrogens (tertiary/aromatic N) is 4. The van der Waals surface area contributed by atoms with E-state index in [0.29, 0.717) is 12.0 Å². The fraction of sp³-hybridized carbons (Fsp3) is 0.538. The van der Waals surface area contributed by atoms with Crippen molar-refractivity contribution in [2.45, 2.75) is 18.9 Å². The first-order chi connectivity index (χ1) is 8.65. The number of aromatic nitrogens is 3.